The molecular formula is C14H23N5. The van der Waals surface area contributed by atoms with Gasteiger partial charge in [-0.05, 0) is 31.6 Å². The van der Waals surface area contributed by atoms with E-state index in [4.69, 9.17) is 5.73 Å². The molecule has 1 aromatic heterocycles. The van der Waals surface area contributed by atoms with E-state index < -0.39 is 0 Å². The van der Waals surface area contributed by atoms with E-state index in [0.29, 0.717) is 12.0 Å². The van der Waals surface area contributed by atoms with Crippen LogP contribution in [0.2, 0.25) is 0 Å². The predicted octanol–water partition coefficient (Wildman–Crippen LogP) is 2.26. The summed E-state index contributed by atoms with van der Waals surface area (Å²) in [5.41, 5.74) is 5.82. The van der Waals surface area contributed by atoms with Crippen LogP contribution in [0.15, 0.2) is 6.07 Å². The highest BCUT2D eigenvalue weighted by molar-refractivity contribution is 5.53. The molecule has 0 bridgehead atoms. The maximum absolute atomic E-state index is 5.82. The van der Waals surface area contributed by atoms with Gasteiger partial charge in [0.1, 0.15) is 11.6 Å². The third-order valence-electron chi connectivity index (χ3n) is 4.52. The molecule has 5 nitrogen and oxygen atoms in total. The van der Waals surface area contributed by atoms with E-state index >= 15 is 0 Å². The van der Waals surface area contributed by atoms with Crippen molar-refractivity contribution in [3.63, 3.8) is 0 Å². The number of nitrogens with zero attached hydrogens (tertiary/aromatic N) is 3. The molecule has 3 rings (SSSR count). The molecule has 0 spiro atoms. The molecule has 2 aliphatic rings. The third-order valence-corrected chi connectivity index (χ3v) is 4.52. The molecule has 1 saturated carbocycles. The normalized spacial score (nSPS) is 26.9. The lowest BCUT2D eigenvalue weighted by Gasteiger charge is -2.44. The lowest BCUT2D eigenvalue weighted by molar-refractivity contribution is 0.243. The summed E-state index contributed by atoms with van der Waals surface area (Å²) in [7, 11) is 1.87. The molecule has 1 aliphatic carbocycles. The zero-order chi connectivity index (χ0) is 13.2. The smallest absolute Gasteiger partial charge is 0.223 e. The summed E-state index contributed by atoms with van der Waals surface area (Å²) >= 11 is 0. The van der Waals surface area contributed by atoms with Crippen molar-refractivity contribution in [3.05, 3.63) is 6.07 Å². The van der Waals surface area contributed by atoms with Crippen LogP contribution in [-0.2, 0) is 0 Å². The monoisotopic (exact) mass is 261 g/mol. The Bertz CT molecular complexity index is 445. The number of hydrogen-bond acceptors (Lipinski definition) is 5. The second-order valence-corrected chi connectivity index (χ2v) is 5.67. The number of piperidine rings is 1. The fraction of sp³-hybridized carbons (Fsp3) is 0.714. The zero-order valence-electron chi connectivity index (χ0n) is 11.6. The highest BCUT2D eigenvalue weighted by Crippen LogP contribution is 2.37. The number of fused-ring (bicyclic) bond motifs is 1. The summed E-state index contributed by atoms with van der Waals surface area (Å²) in [4.78, 5) is 11.1. The second kappa shape index (κ2) is 5.23. The summed E-state index contributed by atoms with van der Waals surface area (Å²) in [6.07, 6.45) is 8.05. The highest BCUT2D eigenvalue weighted by atomic mass is 15.2. The van der Waals surface area contributed by atoms with E-state index in [1.165, 1.54) is 38.5 Å². The zero-order valence-corrected chi connectivity index (χ0v) is 11.6. The van der Waals surface area contributed by atoms with E-state index in [2.05, 4.69) is 20.2 Å². The number of nitrogens with two attached hydrogens (primary N) is 1. The van der Waals surface area contributed by atoms with E-state index in [1.807, 2.05) is 13.1 Å². The molecule has 3 N–H and O–H groups in total. The molecule has 1 saturated heterocycles. The Kier molecular flexibility index (Phi) is 3.44. The van der Waals surface area contributed by atoms with E-state index in [0.717, 1.165) is 24.1 Å². The molecule has 2 heterocycles. The predicted molar refractivity (Wildman–Crippen MR) is 78.3 cm³/mol. The largest absolute Gasteiger partial charge is 0.373 e. The van der Waals surface area contributed by atoms with Crippen molar-refractivity contribution < 1.29 is 0 Å². The average molecular weight is 261 g/mol. The molecule has 2 atom stereocenters. The Labute approximate surface area is 114 Å². The maximum atomic E-state index is 5.82. The summed E-state index contributed by atoms with van der Waals surface area (Å²) in [5, 5.41) is 3.06. The minimum atomic E-state index is 0.361. The molecule has 5 heteroatoms. The lowest BCUT2D eigenvalue weighted by Crippen LogP contribution is -2.47. The van der Waals surface area contributed by atoms with Crippen molar-refractivity contribution in [2.45, 2.75) is 44.6 Å². The van der Waals surface area contributed by atoms with Gasteiger partial charge in [-0.3, -0.25) is 0 Å². The van der Waals surface area contributed by atoms with Gasteiger partial charge in [-0.2, -0.15) is 9.97 Å². The Hall–Kier alpha value is -1.52. The van der Waals surface area contributed by atoms with Crippen molar-refractivity contribution >= 4 is 17.6 Å². The van der Waals surface area contributed by atoms with Gasteiger partial charge in [0, 0.05) is 25.7 Å². The lowest BCUT2D eigenvalue weighted by atomic mass is 9.78. The number of nitrogen functional groups attached to an aromatic ring is 1. The Morgan fingerprint density at radius 2 is 2.00 bits per heavy atom. The number of anilines is 3. The maximum Gasteiger partial charge on any atom is 0.223 e. The second-order valence-electron chi connectivity index (χ2n) is 5.67. The minimum Gasteiger partial charge on any atom is -0.373 e. The molecule has 0 aromatic carbocycles. The van der Waals surface area contributed by atoms with Crippen LogP contribution in [-0.4, -0.2) is 29.6 Å². The molecule has 1 aromatic rings. The van der Waals surface area contributed by atoms with Crippen LogP contribution in [0.25, 0.3) is 0 Å². The molecule has 2 fully saturated rings. The van der Waals surface area contributed by atoms with Gasteiger partial charge in [0.15, 0.2) is 0 Å². The van der Waals surface area contributed by atoms with Gasteiger partial charge in [0.2, 0.25) is 5.95 Å². The summed E-state index contributed by atoms with van der Waals surface area (Å²) in [6, 6.07) is 2.68. The van der Waals surface area contributed by atoms with Crippen molar-refractivity contribution in [2.24, 2.45) is 5.92 Å². The number of hydrogen-bond donors (Lipinski definition) is 2. The minimum absolute atomic E-state index is 0.361. The van der Waals surface area contributed by atoms with Gasteiger partial charge in [-0.1, -0.05) is 12.8 Å². The fourth-order valence-corrected chi connectivity index (χ4v) is 3.64. The first kappa shape index (κ1) is 12.5. The van der Waals surface area contributed by atoms with Crippen molar-refractivity contribution in [3.8, 4) is 0 Å². The van der Waals surface area contributed by atoms with Crippen LogP contribution in [0.3, 0.4) is 0 Å². The third kappa shape index (κ3) is 2.46. The van der Waals surface area contributed by atoms with Crippen molar-refractivity contribution in [2.75, 3.05) is 29.5 Å². The van der Waals surface area contributed by atoms with Gasteiger partial charge < -0.3 is 16.0 Å². The van der Waals surface area contributed by atoms with Gasteiger partial charge in [-0.25, -0.2) is 0 Å². The summed E-state index contributed by atoms with van der Waals surface area (Å²) in [5.74, 6) is 3.00. The number of rotatable bonds is 2. The van der Waals surface area contributed by atoms with Crippen LogP contribution in [0.5, 0.6) is 0 Å². The van der Waals surface area contributed by atoms with E-state index in [1.54, 1.807) is 0 Å². The molecule has 1 aliphatic heterocycles. The quantitative estimate of drug-likeness (QED) is 0.854. The van der Waals surface area contributed by atoms with Crippen LogP contribution in [0.1, 0.15) is 38.5 Å². The first-order chi connectivity index (χ1) is 9.28. The van der Waals surface area contributed by atoms with E-state index in [-0.39, 0.29) is 0 Å². The fourth-order valence-electron chi connectivity index (χ4n) is 3.64. The standard InChI is InChI=1S/C14H23N5/c1-16-12-9-13(18-14(15)17-12)19-8-4-6-10-5-2-3-7-11(10)19/h9-11H,2-8H2,1H3,(H3,15,16,17,18). The molecule has 0 amide bonds. The number of aromatic nitrogens is 2. The first-order valence-corrected chi connectivity index (χ1v) is 7.37. The SMILES string of the molecule is CNc1cc(N2CCCC3CCCCC32)nc(N)n1. The molecular weight excluding hydrogens is 238 g/mol. The van der Waals surface area contributed by atoms with Gasteiger partial charge >= 0.3 is 0 Å². The van der Waals surface area contributed by atoms with Gasteiger partial charge in [-0.15, -0.1) is 0 Å². The van der Waals surface area contributed by atoms with Gasteiger partial charge in [0.25, 0.3) is 0 Å². The number of nitrogens with one attached hydrogen (secondary N) is 1. The van der Waals surface area contributed by atoms with Crippen molar-refractivity contribution in [1.82, 2.24) is 9.97 Å². The first-order valence-electron chi connectivity index (χ1n) is 7.37. The Morgan fingerprint density at radius 3 is 2.84 bits per heavy atom. The topological polar surface area (TPSA) is 67.1 Å². The average Bonchev–Trinajstić information content (AvgIpc) is 2.46. The molecule has 2 unspecified atom stereocenters. The summed E-state index contributed by atoms with van der Waals surface area (Å²) < 4.78 is 0. The van der Waals surface area contributed by atoms with Crippen molar-refractivity contribution in [1.29, 1.82) is 0 Å². The molecule has 19 heavy (non-hydrogen) atoms. The summed E-state index contributed by atoms with van der Waals surface area (Å²) in [6.45, 7) is 1.10. The van der Waals surface area contributed by atoms with E-state index in [9.17, 15) is 0 Å². The molecule has 0 radical (unpaired) electrons. The van der Waals surface area contributed by atoms with Crippen LogP contribution in [0.4, 0.5) is 17.6 Å². The Morgan fingerprint density at radius 1 is 1.21 bits per heavy atom. The highest BCUT2D eigenvalue weighted by Gasteiger charge is 2.34. The van der Waals surface area contributed by atoms with Crippen LogP contribution in [0, 0.1) is 5.92 Å². The molecule has 104 valence electrons. The van der Waals surface area contributed by atoms with Crippen LogP contribution < -0.4 is 16.0 Å². The Balaban J connectivity index is 1.89. The van der Waals surface area contributed by atoms with Crippen LogP contribution >= 0.6 is 0 Å². The van der Waals surface area contributed by atoms with Gasteiger partial charge in [0.05, 0.1) is 0 Å².